The molecule has 1 heterocycles. The third-order valence-electron chi connectivity index (χ3n) is 6.28. The SMILES string of the molecule is CC(=O)OCC(COP(=O)(O)OCCNC(=O)CN1CCN(CC(=O)O)CCN(CC(=O)O)CCN(CC(=O)O)CC1)OC(C)=O. The van der Waals surface area contributed by atoms with Crippen LogP contribution in [0.15, 0.2) is 0 Å². The molecule has 1 aliphatic heterocycles. The summed E-state index contributed by atoms with van der Waals surface area (Å²) < 4.78 is 31.4. The highest BCUT2D eigenvalue weighted by molar-refractivity contribution is 7.47. The largest absolute Gasteiger partial charge is 0.480 e. The number of phosphoric ester groups is 1. The normalized spacial score (nSPS) is 18.2. The van der Waals surface area contributed by atoms with Gasteiger partial charge in [0, 0.05) is 72.8 Å². The fraction of sp³-hybridized carbons (Fsp3) is 0.760. The number of aliphatic carboxylic acids is 3. The van der Waals surface area contributed by atoms with E-state index >= 15 is 0 Å². The Morgan fingerprint density at radius 1 is 0.674 bits per heavy atom. The van der Waals surface area contributed by atoms with E-state index < -0.39 is 69.5 Å². The van der Waals surface area contributed by atoms with Gasteiger partial charge in [-0.1, -0.05) is 0 Å². The molecule has 1 rings (SSSR count). The summed E-state index contributed by atoms with van der Waals surface area (Å²) in [4.78, 5) is 85.4. The number of carboxylic acids is 3. The van der Waals surface area contributed by atoms with Crippen LogP contribution < -0.4 is 5.32 Å². The number of nitrogens with one attached hydrogen (secondary N) is 1. The van der Waals surface area contributed by atoms with Crippen molar-refractivity contribution in [2.75, 3.05) is 105 Å². The molecule has 0 aromatic carbocycles. The maximum absolute atomic E-state index is 12.7. The monoisotopic (exact) mass is 685 g/mol. The number of esters is 2. The van der Waals surface area contributed by atoms with Crippen molar-refractivity contribution in [3.05, 3.63) is 0 Å². The predicted molar refractivity (Wildman–Crippen MR) is 156 cm³/mol. The van der Waals surface area contributed by atoms with Crippen molar-refractivity contribution in [3.63, 3.8) is 0 Å². The fourth-order valence-electron chi connectivity index (χ4n) is 4.17. The lowest BCUT2D eigenvalue weighted by Crippen LogP contribution is -2.50. The van der Waals surface area contributed by atoms with Crippen molar-refractivity contribution in [1.29, 1.82) is 0 Å². The number of ether oxygens (including phenoxy) is 2. The summed E-state index contributed by atoms with van der Waals surface area (Å²) in [5, 5.41) is 30.4. The van der Waals surface area contributed by atoms with Crippen molar-refractivity contribution in [3.8, 4) is 0 Å². The van der Waals surface area contributed by atoms with Gasteiger partial charge in [0.25, 0.3) is 0 Å². The molecule has 1 amide bonds. The van der Waals surface area contributed by atoms with E-state index in [9.17, 15) is 53.5 Å². The lowest BCUT2D eigenvalue weighted by molar-refractivity contribution is -0.158. The van der Waals surface area contributed by atoms with Gasteiger partial charge in [-0.25, -0.2) is 4.57 Å². The van der Waals surface area contributed by atoms with E-state index in [4.69, 9.17) is 18.5 Å². The lowest BCUT2D eigenvalue weighted by Gasteiger charge is -2.32. The molecule has 264 valence electrons. The van der Waals surface area contributed by atoms with Gasteiger partial charge in [-0.15, -0.1) is 0 Å². The molecule has 0 spiro atoms. The molecule has 0 bridgehead atoms. The van der Waals surface area contributed by atoms with E-state index in [0.29, 0.717) is 0 Å². The Balaban J connectivity index is 2.73. The molecule has 0 saturated carbocycles. The zero-order chi connectivity index (χ0) is 34.7. The van der Waals surface area contributed by atoms with Gasteiger partial charge in [0.1, 0.15) is 6.61 Å². The Morgan fingerprint density at radius 3 is 1.46 bits per heavy atom. The maximum Gasteiger partial charge on any atom is 0.472 e. The molecule has 2 atom stereocenters. The molecule has 0 aliphatic carbocycles. The Morgan fingerprint density at radius 2 is 1.09 bits per heavy atom. The Kier molecular flexibility index (Phi) is 19.1. The number of phosphoric acid groups is 1. The Labute approximate surface area is 265 Å². The zero-order valence-corrected chi connectivity index (χ0v) is 26.8. The molecule has 1 saturated heterocycles. The van der Waals surface area contributed by atoms with E-state index in [2.05, 4.69) is 5.32 Å². The molecule has 5 N–H and O–H groups in total. The van der Waals surface area contributed by atoms with Gasteiger partial charge in [0.2, 0.25) is 5.91 Å². The summed E-state index contributed by atoms with van der Waals surface area (Å²) in [6.45, 7) is 1.31. The molecule has 0 aromatic rings. The second kappa shape index (κ2) is 21.5. The van der Waals surface area contributed by atoms with Crippen LogP contribution in [0.5, 0.6) is 0 Å². The molecule has 0 radical (unpaired) electrons. The lowest BCUT2D eigenvalue weighted by atomic mass is 10.3. The second-order valence-electron chi connectivity index (χ2n) is 10.3. The van der Waals surface area contributed by atoms with Crippen LogP contribution in [-0.2, 0) is 51.9 Å². The minimum Gasteiger partial charge on any atom is -0.480 e. The van der Waals surface area contributed by atoms with Gasteiger partial charge in [0.15, 0.2) is 6.10 Å². The summed E-state index contributed by atoms with van der Waals surface area (Å²) in [6, 6.07) is 0. The first-order valence-electron chi connectivity index (χ1n) is 14.3. The van der Waals surface area contributed by atoms with Gasteiger partial charge < -0.3 is 35.0 Å². The van der Waals surface area contributed by atoms with Crippen LogP contribution in [0.2, 0.25) is 0 Å². The first-order chi connectivity index (χ1) is 21.5. The molecular weight excluding hydrogens is 641 g/mol. The number of carbonyl (C=O) groups excluding carboxylic acids is 3. The number of carboxylic acid groups (broad SMARTS) is 3. The molecule has 20 nitrogen and oxygen atoms in total. The van der Waals surface area contributed by atoms with Crippen molar-refractivity contribution in [2.24, 2.45) is 0 Å². The number of hydrogen-bond acceptors (Lipinski definition) is 15. The first-order valence-corrected chi connectivity index (χ1v) is 15.8. The minimum atomic E-state index is -4.65. The van der Waals surface area contributed by atoms with Crippen LogP contribution in [0, 0.1) is 0 Å². The fourth-order valence-corrected chi connectivity index (χ4v) is 4.92. The number of nitrogens with zero attached hydrogens (tertiary/aromatic N) is 4. The number of carbonyl (C=O) groups is 6. The van der Waals surface area contributed by atoms with Crippen LogP contribution in [0.1, 0.15) is 13.8 Å². The van der Waals surface area contributed by atoms with E-state index in [0.717, 1.165) is 13.8 Å². The van der Waals surface area contributed by atoms with E-state index in [1.165, 1.54) is 0 Å². The summed E-state index contributed by atoms with van der Waals surface area (Å²) in [5.41, 5.74) is 0. The molecule has 1 fully saturated rings. The van der Waals surface area contributed by atoms with Crippen LogP contribution in [0.25, 0.3) is 0 Å². The summed E-state index contributed by atoms with van der Waals surface area (Å²) in [7, 11) is -4.65. The standard InChI is InChI=1S/C25H44N5O15P/c1-19(31)42-17-21(45-20(2)32)18-44-46(40,41)43-12-3-26-22(33)13-27-4-6-28(14-23(34)35)8-10-30(16-25(38)39)11-9-29(7-5-27)15-24(36)37/h21H,3-18H2,1-2H3,(H,26,33)(H,34,35)(H,36,37)(H,38,39)(H,40,41). The smallest absolute Gasteiger partial charge is 0.472 e. The number of rotatable bonds is 18. The van der Waals surface area contributed by atoms with Crippen LogP contribution >= 0.6 is 7.82 Å². The van der Waals surface area contributed by atoms with E-state index in [-0.39, 0.29) is 85.1 Å². The third kappa shape index (κ3) is 20.7. The zero-order valence-electron chi connectivity index (χ0n) is 25.9. The summed E-state index contributed by atoms with van der Waals surface area (Å²) >= 11 is 0. The highest BCUT2D eigenvalue weighted by Gasteiger charge is 2.26. The number of hydrogen-bond donors (Lipinski definition) is 5. The molecule has 2 unspecified atom stereocenters. The Hall–Kier alpha value is -3.23. The van der Waals surface area contributed by atoms with Crippen LogP contribution in [0.3, 0.4) is 0 Å². The molecule has 46 heavy (non-hydrogen) atoms. The van der Waals surface area contributed by atoms with Gasteiger partial charge in [-0.2, -0.15) is 0 Å². The molecule has 1 aliphatic rings. The minimum absolute atomic E-state index is 0.166. The van der Waals surface area contributed by atoms with Crippen molar-refractivity contribution >= 4 is 43.6 Å². The number of amides is 1. The van der Waals surface area contributed by atoms with Crippen molar-refractivity contribution in [2.45, 2.75) is 20.0 Å². The van der Waals surface area contributed by atoms with Gasteiger partial charge in [-0.3, -0.25) is 57.4 Å². The van der Waals surface area contributed by atoms with Gasteiger partial charge >= 0.3 is 37.7 Å². The van der Waals surface area contributed by atoms with E-state index in [1.807, 2.05) is 0 Å². The quantitative estimate of drug-likeness (QED) is 0.0554. The average Bonchev–Trinajstić information content (AvgIpc) is 2.93. The van der Waals surface area contributed by atoms with Crippen molar-refractivity contribution in [1.82, 2.24) is 24.9 Å². The average molecular weight is 686 g/mol. The van der Waals surface area contributed by atoms with Crippen LogP contribution in [-0.4, -0.2) is 187 Å². The third-order valence-corrected chi connectivity index (χ3v) is 7.27. The highest BCUT2D eigenvalue weighted by Crippen LogP contribution is 2.43. The first kappa shape index (κ1) is 40.8. The Bertz CT molecular complexity index is 1050. The topological polar surface area (TPSA) is 262 Å². The van der Waals surface area contributed by atoms with Gasteiger partial charge in [-0.05, 0) is 0 Å². The highest BCUT2D eigenvalue weighted by atomic mass is 31.2. The van der Waals surface area contributed by atoms with E-state index in [1.54, 1.807) is 19.6 Å². The predicted octanol–water partition coefficient (Wildman–Crippen LogP) is -2.79. The maximum atomic E-state index is 12.7. The van der Waals surface area contributed by atoms with Gasteiger partial charge in [0.05, 0.1) is 39.4 Å². The summed E-state index contributed by atoms with van der Waals surface area (Å²) in [5.74, 6) is -5.12. The molecule has 0 aromatic heterocycles. The second-order valence-corrected chi connectivity index (χ2v) is 11.7. The van der Waals surface area contributed by atoms with Crippen molar-refractivity contribution < 1.29 is 72.1 Å². The summed E-state index contributed by atoms with van der Waals surface area (Å²) in [6.07, 6.45) is -1.16. The van der Waals surface area contributed by atoms with Crippen LogP contribution in [0.4, 0.5) is 0 Å². The molecule has 21 heteroatoms. The molecular formula is C25H44N5O15P.